The normalized spacial score (nSPS) is 16.3. The summed E-state index contributed by atoms with van der Waals surface area (Å²) >= 11 is 0. The Hall–Kier alpha value is -3.48. The first-order chi connectivity index (χ1) is 11.6. The summed E-state index contributed by atoms with van der Waals surface area (Å²) in [7, 11) is 1.54. The van der Waals surface area contributed by atoms with Crippen LogP contribution in [0.15, 0.2) is 54.4 Å². The minimum absolute atomic E-state index is 0.136. The number of benzene rings is 1. The van der Waals surface area contributed by atoms with Crippen LogP contribution in [-0.2, 0) is 9.59 Å². The molecule has 0 atom stereocenters. The van der Waals surface area contributed by atoms with Gasteiger partial charge in [0.2, 0.25) is 0 Å². The molecular formula is C17H13N3O4. The third-order valence-electron chi connectivity index (χ3n) is 3.43. The summed E-state index contributed by atoms with van der Waals surface area (Å²) in [5.41, 5.74) is 0.784. The van der Waals surface area contributed by atoms with E-state index < -0.39 is 17.8 Å². The van der Waals surface area contributed by atoms with Crippen LogP contribution >= 0.6 is 0 Å². The lowest BCUT2D eigenvalue weighted by molar-refractivity contribution is -0.122. The number of pyridine rings is 1. The first-order valence-corrected chi connectivity index (χ1v) is 7.05. The van der Waals surface area contributed by atoms with Crippen LogP contribution in [0.4, 0.5) is 10.5 Å². The zero-order valence-corrected chi connectivity index (χ0v) is 12.7. The molecule has 4 amide bonds. The summed E-state index contributed by atoms with van der Waals surface area (Å²) in [5, 5.41) is 2.16. The van der Waals surface area contributed by atoms with Gasteiger partial charge in [0.25, 0.3) is 11.8 Å². The Labute approximate surface area is 137 Å². The number of carbonyl (C=O) groups excluding carboxylic acids is 3. The van der Waals surface area contributed by atoms with Crippen molar-refractivity contribution < 1.29 is 19.1 Å². The largest absolute Gasteiger partial charge is 0.497 e. The van der Waals surface area contributed by atoms with Crippen LogP contribution in [0.3, 0.4) is 0 Å². The van der Waals surface area contributed by atoms with E-state index in [2.05, 4.69) is 10.3 Å². The molecule has 0 bridgehead atoms. The molecule has 2 heterocycles. The maximum Gasteiger partial charge on any atom is 0.336 e. The predicted molar refractivity (Wildman–Crippen MR) is 86.2 cm³/mol. The van der Waals surface area contributed by atoms with Crippen LogP contribution in [0.5, 0.6) is 5.75 Å². The Morgan fingerprint density at radius 1 is 1.12 bits per heavy atom. The van der Waals surface area contributed by atoms with Gasteiger partial charge in [-0.3, -0.25) is 19.9 Å². The molecule has 120 valence electrons. The predicted octanol–water partition coefficient (Wildman–Crippen LogP) is 1.76. The second kappa shape index (κ2) is 6.33. The van der Waals surface area contributed by atoms with E-state index in [1.807, 2.05) is 0 Å². The topological polar surface area (TPSA) is 88.6 Å². The molecule has 1 aliphatic rings. The fourth-order valence-corrected chi connectivity index (χ4v) is 2.24. The van der Waals surface area contributed by atoms with E-state index in [4.69, 9.17) is 4.74 Å². The number of amides is 4. The summed E-state index contributed by atoms with van der Waals surface area (Å²) in [6.45, 7) is 0. The average molecular weight is 323 g/mol. The third-order valence-corrected chi connectivity index (χ3v) is 3.43. The van der Waals surface area contributed by atoms with Crippen LogP contribution < -0.4 is 15.0 Å². The summed E-state index contributed by atoms with van der Waals surface area (Å²) in [4.78, 5) is 41.4. The number of methoxy groups -OCH3 is 1. The SMILES string of the molecule is COc1ccc(C=C2C(=O)NC(=O)N(c3cccnc3)C2=O)cc1. The zero-order valence-electron chi connectivity index (χ0n) is 12.7. The van der Waals surface area contributed by atoms with Gasteiger partial charge >= 0.3 is 6.03 Å². The van der Waals surface area contributed by atoms with E-state index in [0.29, 0.717) is 11.3 Å². The number of hydrogen-bond acceptors (Lipinski definition) is 5. The molecule has 1 saturated heterocycles. The van der Waals surface area contributed by atoms with Crippen molar-refractivity contribution in [2.75, 3.05) is 12.0 Å². The van der Waals surface area contributed by atoms with Gasteiger partial charge in [-0.2, -0.15) is 0 Å². The number of barbiturate groups is 1. The van der Waals surface area contributed by atoms with E-state index in [-0.39, 0.29) is 11.3 Å². The summed E-state index contributed by atoms with van der Waals surface area (Å²) in [6, 6.07) is 9.19. The zero-order chi connectivity index (χ0) is 17.1. The van der Waals surface area contributed by atoms with Crippen molar-refractivity contribution in [1.82, 2.24) is 10.3 Å². The number of nitrogens with zero attached hydrogens (tertiary/aromatic N) is 2. The number of urea groups is 1. The lowest BCUT2D eigenvalue weighted by Crippen LogP contribution is -2.54. The van der Waals surface area contributed by atoms with Crippen molar-refractivity contribution in [3.05, 3.63) is 59.9 Å². The molecule has 1 fully saturated rings. The molecule has 2 aromatic rings. The standard InChI is InChI=1S/C17H13N3O4/c1-24-13-6-4-11(5-7-13)9-14-15(21)19-17(23)20(16(14)22)12-3-2-8-18-10-12/h2-10H,1H3,(H,19,21,23). The van der Waals surface area contributed by atoms with Crippen LogP contribution in [0, 0.1) is 0 Å². The van der Waals surface area contributed by atoms with Crippen LogP contribution in [0.25, 0.3) is 6.08 Å². The smallest absolute Gasteiger partial charge is 0.336 e. The lowest BCUT2D eigenvalue weighted by atomic mass is 10.1. The van der Waals surface area contributed by atoms with Crippen molar-refractivity contribution in [3.8, 4) is 5.75 Å². The number of imide groups is 2. The van der Waals surface area contributed by atoms with Gasteiger partial charge in [0.05, 0.1) is 19.0 Å². The van der Waals surface area contributed by atoms with Crippen molar-refractivity contribution in [2.24, 2.45) is 0 Å². The fourth-order valence-electron chi connectivity index (χ4n) is 2.24. The number of carbonyl (C=O) groups is 3. The minimum atomic E-state index is -0.801. The van der Waals surface area contributed by atoms with Gasteiger partial charge in [-0.1, -0.05) is 12.1 Å². The highest BCUT2D eigenvalue weighted by molar-refractivity contribution is 6.39. The second-order valence-electron chi connectivity index (χ2n) is 4.94. The number of rotatable bonds is 3. The summed E-state index contributed by atoms with van der Waals surface area (Å²) < 4.78 is 5.06. The number of nitrogens with one attached hydrogen (secondary N) is 1. The molecular weight excluding hydrogens is 310 g/mol. The number of hydrogen-bond donors (Lipinski definition) is 1. The van der Waals surface area contributed by atoms with Gasteiger partial charge in [-0.25, -0.2) is 9.69 Å². The maximum absolute atomic E-state index is 12.6. The van der Waals surface area contributed by atoms with E-state index in [1.54, 1.807) is 43.5 Å². The molecule has 0 aliphatic carbocycles. The van der Waals surface area contributed by atoms with Crippen molar-refractivity contribution in [1.29, 1.82) is 0 Å². The van der Waals surface area contributed by atoms with E-state index in [1.165, 1.54) is 18.5 Å². The van der Waals surface area contributed by atoms with Crippen LogP contribution in [0.1, 0.15) is 5.56 Å². The van der Waals surface area contributed by atoms with Gasteiger partial charge in [0, 0.05) is 6.20 Å². The first-order valence-electron chi connectivity index (χ1n) is 7.05. The van der Waals surface area contributed by atoms with Crippen LogP contribution in [0.2, 0.25) is 0 Å². The Bertz CT molecular complexity index is 829. The first kappa shape index (κ1) is 15.4. The Morgan fingerprint density at radius 2 is 1.88 bits per heavy atom. The molecule has 24 heavy (non-hydrogen) atoms. The van der Waals surface area contributed by atoms with Gasteiger partial charge < -0.3 is 4.74 Å². The lowest BCUT2D eigenvalue weighted by Gasteiger charge is -2.26. The third kappa shape index (κ3) is 2.87. The van der Waals surface area contributed by atoms with E-state index in [0.717, 1.165) is 4.90 Å². The van der Waals surface area contributed by atoms with Gasteiger partial charge in [0.1, 0.15) is 11.3 Å². The molecule has 7 nitrogen and oxygen atoms in total. The summed E-state index contributed by atoms with van der Waals surface area (Å²) in [6.07, 6.45) is 4.32. The molecule has 1 aliphatic heterocycles. The Morgan fingerprint density at radius 3 is 2.50 bits per heavy atom. The van der Waals surface area contributed by atoms with Gasteiger partial charge in [0.15, 0.2) is 0 Å². The number of ether oxygens (including phenoxy) is 1. The van der Waals surface area contributed by atoms with Gasteiger partial charge in [-0.05, 0) is 35.9 Å². The van der Waals surface area contributed by atoms with Crippen LogP contribution in [-0.4, -0.2) is 29.9 Å². The Balaban J connectivity index is 1.97. The van der Waals surface area contributed by atoms with E-state index >= 15 is 0 Å². The quantitative estimate of drug-likeness (QED) is 0.687. The van der Waals surface area contributed by atoms with Gasteiger partial charge in [-0.15, -0.1) is 0 Å². The monoisotopic (exact) mass is 323 g/mol. The fraction of sp³-hybridized carbons (Fsp3) is 0.0588. The van der Waals surface area contributed by atoms with Crippen molar-refractivity contribution in [3.63, 3.8) is 0 Å². The van der Waals surface area contributed by atoms with Crippen molar-refractivity contribution >= 4 is 29.6 Å². The molecule has 1 aromatic heterocycles. The highest BCUT2D eigenvalue weighted by Crippen LogP contribution is 2.21. The van der Waals surface area contributed by atoms with E-state index in [9.17, 15) is 14.4 Å². The average Bonchev–Trinajstić information content (AvgIpc) is 2.60. The molecule has 0 unspecified atom stereocenters. The molecule has 7 heteroatoms. The molecule has 0 saturated carbocycles. The highest BCUT2D eigenvalue weighted by atomic mass is 16.5. The maximum atomic E-state index is 12.6. The molecule has 0 radical (unpaired) electrons. The number of anilines is 1. The molecule has 1 N–H and O–H groups in total. The number of aromatic nitrogens is 1. The van der Waals surface area contributed by atoms with Crippen molar-refractivity contribution in [2.45, 2.75) is 0 Å². The molecule has 0 spiro atoms. The highest BCUT2D eigenvalue weighted by Gasteiger charge is 2.36. The minimum Gasteiger partial charge on any atom is -0.497 e. The second-order valence-corrected chi connectivity index (χ2v) is 4.94. The summed E-state index contributed by atoms with van der Waals surface area (Å²) in [5.74, 6) is -0.780. The molecule has 1 aromatic carbocycles. The molecule has 3 rings (SSSR count). The Kier molecular flexibility index (Phi) is 4.07.